The van der Waals surface area contributed by atoms with Crippen LogP contribution in [0.5, 0.6) is 0 Å². The first-order chi connectivity index (χ1) is 11.0. The van der Waals surface area contributed by atoms with Gasteiger partial charge in [-0.1, -0.05) is 0 Å². The van der Waals surface area contributed by atoms with E-state index in [1.54, 1.807) is 18.0 Å². The van der Waals surface area contributed by atoms with E-state index in [2.05, 4.69) is 10.2 Å². The first-order valence-electron chi connectivity index (χ1n) is 6.94. The zero-order chi connectivity index (χ0) is 16.4. The fraction of sp³-hybridized carbons (Fsp3) is 0.286. The summed E-state index contributed by atoms with van der Waals surface area (Å²) < 4.78 is 27.0. The molecule has 2 N–H and O–H groups in total. The molecule has 1 aromatic carbocycles. The molecule has 1 aliphatic rings. The number of nitrogens with one attached hydrogen (secondary N) is 1. The Bertz CT molecular complexity index is 813. The monoisotopic (exact) mass is 353 g/mol. The maximum Gasteiger partial charge on any atom is 0.335 e. The molecule has 2 aromatic rings. The van der Waals surface area contributed by atoms with Crippen molar-refractivity contribution in [2.45, 2.75) is 4.90 Å². The van der Waals surface area contributed by atoms with Gasteiger partial charge in [-0.3, -0.25) is 5.10 Å². The molecule has 0 amide bonds. The van der Waals surface area contributed by atoms with Crippen molar-refractivity contribution >= 4 is 27.8 Å². The largest absolute Gasteiger partial charge is 0.478 e. The molecular formula is C14H15N3O4S2. The molecule has 1 fully saturated rings. The van der Waals surface area contributed by atoms with Crippen molar-refractivity contribution in [3.05, 3.63) is 36.2 Å². The number of rotatable bonds is 4. The summed E-state index contributed by atoms with van der Waals surface area (Å²) in [5, 5.41) is 15.7. The van der Waals surface area contributed by atoms with Crippen LogP contribution in [0, 0.1) is 0 Å². The minimum Gasteiger partial charge on any atom is -0.478 e. The SMILES string of the molecule is O=C(O)c1cc(-c2cn[nH]c2)cc(S(=O)(=O)N2CCSCC2)c1. The molecule has 0 unspecified atom stereocenters. The summed E-state index contributed by atoms with van der Waals surface area (Å²) in [6.07, 6.45) is 3.11. The number of carboxylic acids is 1. The van der Waals surface area contributed by atoms with Crippen molar-refractivity contribution in [2.24, 2.45) is 0 Å². The zero-order valence-corrected chi connectivity index (χ0v) is 13.7. The van der Waals surface area contributed by atoms with E-state index in [-0.39, 0.29) is 10.5 Å². The lowest BCUT2D eigenvalue weighted by atomic mass is 10.1. The van der Waals surface area contributed by atoms with Gasteiger partial charge < -0.3 is 5.11 Å². The zero-order valence-electron chi connectivity index (χ0n) is 12.1. The number of aromatic carboxylic acids is 1. The van der Waals surface area contributed by atoms with Crippen molar-refractivity contribution in [3.63, 3.8) is 0 Å². The number of H-pyrrole nitrogens is 1. The van der Waals surface area contributed by atoms with Crippen molar-refractivity contribution in [2.75, 3.05) is 24.6 Å². The molecule has 23 heavy (non-hydrogen) atoms. The molecule has 0 atom stereocenters. The van der Waals surface area contributed by atoms with Gasteiger partial charge in [-0.05, 0) is 23.8 Å². The number of sulfonamides is 1. The highest BCUT2D eigenvalue weighted by Gasteiger charge is 2.27. The van der Waals surface area contributed by atoms with Gasteiger partial charge in [-0.25, -0.2) is 13.2 Å². The second-order valence-electron chi connectivity index (χ2n) is 5.05. The molecule has 7 nitrogen and oxygen atoms in total. The summed E-state index contributed by atoms with van der Waals surface area (Å²) in [6.45, 7) is 0.872. The lowest BCUT2D eigenvalue weighted by Crippen LogP contribution is -2.37. The minimum absolute atomic E-state index is 0.000463. The predicted molar refractivity (Wildman–Crippen MR) is 87.1 cm³/mol. The third-order valence-electron chi connectivity index (χ3n) is 3.59. The molecule has 2 heterocycles. The van der Waals surface area contributed by atoms with E-state index in [1.807, 2.05) is 0 Å². The van der Waals surface area contributed by atoms with Gasteiger partial charge in [-0.2, -0.15) is 21.2 Å². The van der Waals surface area contributed by atoms with Crippen LogP contribution in [0.3, 0.4) is 0 Å². The molecule has 9 heteroatoms. The third kappa shape index (κ3) is 3.26. The highest BCUT2D eigenvalue weighted by atomic mass is 32.2. The molecule has 3 rings (SSSR count). The Balaban J connectivity index is 2.09. The minimum atomic E-state index is -3.71. The summed E-state index contributed by atoms with van der Waals surface area (Å²) >= 11 is 1.71. The van der Waals surface area contributed by atoms with Crippen LogP contribution in [-0.2, 0) is 10.0 Å². The molecule has 0 saturated carbocycles. The average molecular weight is 353 g/mol. The summed E-state index contributed by atoms with van der Waals surface area (Å²) in [6, 6.07) is 4.15. The van der Waals surface area contributed by atoms with Gasteiger partial charge in [0.2, 0.25) is 10.0 Å². The molecule has 0 spiro atoms. The Hall–Kier alpha value is -1.84. The van der Waals surface area contributed by atoms with Crippen molar-refractivity contribution in [1.82, 2.24) is 14.5 Å². The summed E-state index contributed by atoms with van der Waals surface area (Å²) in [5.41, 5.74) is 1.08. The van der Waals surface area contributed by atoms with Crippen LogP contribution in [0.15, 0.2) is 35.5 Å². The molecule has 1 saturated heterocycles. The van der Waals surface area contributed by atoms with Gasteiger partial charge in [0.15, 0.2) is 0 Å². The number of aromatic nitrogens is 2. The van der Waals surface area contributed by atoms with E-state index in [0.29, 0.717) is 24.2 Å². The highest BCUT2D eigenvalue weighted by Crippen LogP contribution is 2.27. The Kier molecular flexibility index (Phi) is 4.42. The van der Waals surface area contributed by atoms with Crippen molar-refractivity contribution < 1.29 is 18.3 Å². The lowest BCUT2D eigenvalue weighted by molar-refractivity contribution is 0.0696. The fourth-order valence-electron chi connectivity index (χ4n) is 2.38. The van der Waals surface area contributed by atoms with Crippen LogP contribution in [0.4, 0.5) is 0 Å². The third-order valence-corrected chi connectivity index (χ3v) is 6.41. The van der Waals surface area contributed by atoms with E-state index in [0.717, 1.165) is 11.5 Å². The number of hydrogen-bond acceptors (Lipinski definition) is 5. The molecule has 0 bridgehead atoms. The van der Waals surface area contributed by atoms with Crippen LogP contribution in [-0.4, -0.2) is 58.6 Å². The first-order valence-corrected chi connectivity index (χ1v) is 9.53. The Morgan fingerprint density at radius 1 is 1.22 bits per heavy atom. The topological polar surface area (TPSA) is 103 Å². The smallest absolute Gasteiger partial charge is 0.335 e. The molecule has 0 aliphatic carbocycles. The van der Waals surface area contributed by atoms with Crippen LogP contribution < -0.4 is 0 Å². The van der Waals surface area contributed by atoms with Gasteiger partial charge in [0, 0.05) is 36.4 Å². The molecule has 122 valence electrons. The molecule has 1 aromatic heterocycles. The first kappa shape index (κ1) is 16.0. The number of carbonyl (C=O) groups is 1. The number of hydrogen-bond donors (Lipinski definition) is 2. The average Bonchev–Trinajstić information content (AvgIpc) is 3.09. The van der Waals surface area contributed by atoms with E-state index >= 15 is 0 Å². The predicted octanol–water partition coefficient (Wildman–Crippen LogP) is 1.51. The van der Waals surface area contributed by atoms with Gasteiger partial charge >= 0.3 is 5.97 Å². The van der Waals surface area contributed by atoms with Gasteiger partial charge in [0.25, 0.3) is 0 Å². The number of carboxylic acid groups (broad SMARTS) is 1. The Morgan fingerprint density at radius 3 is 2.57 bits per heavy atom. The molecular weight excluding hydrogens is 338 g/mol. The summed E-state index contributed by atoms with van der Waals surface area (Å²) in [7, 11) is -3.71. The van der Waals surface area contributed by atoms with Gasteiger partial charge in [0.05, 0.1) is 16.7 Å². The van der Waals surface area contributed by atoms with Crippen molar-refractivity contribution in [1.29, 1.82) is 0 Å². The lowest BCUT2D eigenvalue weighted by Gasteiger charge is -2.25. The van der Waals surface area contributed by atoms with E-state index in [1.165, 1.54) is 28.7 Å². The van der Waals surface area contributed by atoms with E-state index in [9.17, 15) is 18.3 Å². The van der Waals surface area contributed by atoms with Gasteiger partial charge in [-0.15, -0.1) is 0 Å². The summed E-state index contributed by atoms with van der Waals surface area (Å²) in [4.78, 5) is 11.3. The van der Waals surface area contributed by atoms with Crippen LogP contribution in [0.2, 0.25) is 0 Å². The quantitative estimate of drug-likeness (QED) is 0.864. The van der Waals surface area contributed by atoms with E-state index in [4.69, 9.17) is 0 Å². The standard InChI is InChI=1S/C14H15N3O4S2/c18-14(19)11-5-10(12-8-15-16-9-12)6-13(7-11)23(20,21)17-1-3-22-4-2-17/h5-9H,1-4H2,(H,15,16)(H,18,19). The maximum absolute atomic E-state index is 12.8. The second-order valence-corrected chi connectivity index (χ2v) is 8.22. The van der Waals surface area contributed by atoms with Crippen LogP contribution >= 0.6 is 11.8 Å². The molecule has 0 radical (unpaired) electrons. The molecule has 1 aliphatic heterocycles. The number of nitrogens with zero attached hydrogens (tertiary/aromatic N) is 2. The summed E-state index contributed by atoms with van der Waals surface area (Å²) in [5.74, 6) is 0.319. The van der Waals surface area contributed by atoms with Crippen LogP contribution in [0.25, 0.3) is 11.1 Å². The number of thioether (sulfide) groups is 1. The highest BCUT2D eigenvalue weighted by molar-refractivity contribution is 7.99. The maximum atomic E-state index is 12.8. The normalized spacial score (nSPS) is 16.3. The Labute approximate surface area is 137 Å². The number of aromatic amines is 1. The van der Waals surface area contributed by atoms with Gasteiger partial charge in [0.1, 0.15) is 0 Å². The second kappa shape index (κ2) is 6.34. The fourth-order valence-corrected chi connectivity index (χ4v) is 5.03. The van der Waals surface area contributed by atoms with E-state index < -0.39 is 16.0 Å². The van der Waals surface area contributed by atoms with Crippen molar-refractivity contribution in [3.8, 4) is 11.1 Å². The number of benzene rings is 1. The van der Waals surface area contributed by atoms with Crippen LogP contribution in [0.1, 0.15) is 10.4 Å². The Morgan fingerprint density at radius 2 is 1.96 bits per heavy atom.